The van der Waals surface area contributed by atoms with E-state index in [1.807, 2.05) is 6.07 Å². The van der Waals surface area contributed by atoms with Crippen molar-refractivity contribution in [2.75, 3.05) is 51.3 Å². The van der Waals surface area contributed by atoms with Gasteiger partial charge in [-0.1, -0.05) is 0 Å². The van der Waals surface area contributed by atoms with E-state index in [4.69, 9.17) is 25.2 Å². The molecule has 0 aliphatic carbocycles. The van der Waals surface area contributed by atoms with Gasteiger partial charge >= 0.3 is 0 Å². The molecule has 4 heterocycles. The monoisotopic (exact) mass is 453 g/mol. The van der Waals surface area contributed by atoms with Gasteiger partial charge in [-0.3, -0.25) is 0 Å². The van der Waals surface area contributed by atoms with E-state index in [0.717, 1.165) is 43.1 Å². The molecule has 10 heteroatoms. The molecule has 2 aromatic heterocycles. The van der Waals surface area contributed by atoms with E-state index in [1.54, 1.807) is 18.3 Å². The standard InChI is InChI=1S/C23H28FN7O2/c1-30-8-10-31(11-9-30)23-26-7-6-18(27-23)22-21(15-2-4-16(24)5-3-15)28-19(29-22)12-20-32-13-17(25)14-33-20/h2-7,17,20H,8-14,25H2,1H3,(H,28,29). The van der Waals surface area contributed by atoms with Crippen LogP contribution in [0.25, 0.3) is 22.6 Å². The summed E-state index contributed by atoms with van der Waals surface area (Å²) in [5, 5.41) is 0. The number of ether oxygens (including phenoxy) is 2. The molecule has 33 heavy (non-hydrogen) atoms. The van der Waals surface area contributed by atoms with Crippen LogP contribution in [0.4, 0.5) is 10.3 Å². The van der Waals surface area contributed by atoms with Crippen LogP contribution in [0.5, 0.6) is 0 Å². The number of hydrogen-bond donors (Lipinski definition) is 2. The molecule has 2 aliphatic heterocycles. The molecule has 0 spiro atoms. The Labute approximate surface area is 191 Å². The third-order valence-corrected chi connectivity index (χ3v) is 5.91. The summed E-state index contributed by atoms with van der Waals surface area (Å²) in [6.07, 6.45) is 1.79. The van der Waals surface area contributed by atoms with Crippen molar-refractivity contribution >= 4 is 5.95 Å². The number of nitrogens with one attached hydrogen (secondary N) is 1. The summed E-state index contributed by atoms with van der Waals surface area (Å²) in [5.41, 5.74) is 8.81. The maximum atomic E-state index is 13.6. The van der Waals surface area contributed by atoms with Crippen molar-refractivity contribution in [3.05, 3.63) is 48.2 Å². The molecule has 0 unspecified atom stereocenters. The number of H-pyrrole nitrogens is 1. The Morgan fingerprint density at radius 3 is 2.52 bits per heavy atom. The highest BCUT2D eigenvalue weighted by Crippen LogP contribution is 2.30. The summed E-state index contributed by atoms with van der Waals surface area (Å²) in [6.45, 7) is 4.57. The maximum absolute atomic E-state index is 13.6. The van der Waals surface area contributed by atoms with Crippen molar-refractivity contribution < 1.29 is 13.9 Å². The Kier molecular flexibility index (Phi) is 6.32. The molecule has 5 rings (SSSR count). The van der Waals surface area contributed by atoms with Crippen LogP contribution in [0.1, 0.15) is 5.82 Å². The van der Waals surface area contributed by atoms with Crippen LogP contribution in [0.2, 0.25) is 0 Å². The molecule has 0 saturated carbocycles. The second-order valence-electron chi connectivity index (χ2n) is 8.51. The first kappa shape index (κ1) is 21.9. The molecule has 1 aromatic carbocycles. The number of halogens is 1. The van der Waals surface area contributed by atoms with Crippen LogP contribution in [0, 0.1) is 5.82 Å². The largest absolute Gasteiger partial charge is 0.350 e. The minimum Gasteiger partial charge on any atom is -0.350 e. The van der Waals surface area contributed by atoms with Gasteiger partial charge in [0.25, 0.3) is 0 Å². The highest BCUT2D eigenvalue weighted by atomic mass is 19.1. The second-order valence-corrected chi connectivity index (χ2v) is 8.51. The molecule has 9 nitrogen and oxygen atoms in total. The zero-order valence-electron chi connectivity index (χ0n) is 18.6. The number of benzene rings is 1. The first-order chi connectivity index (χ1) is 16.0. The van der Waals surface area contributed by atoms with Gasteiger partial charge in [0.1, 0.15) is 11.6 Å². The second kappa shape index (κ2) is 9.52. The molecular weight excluding hydrogens is 425 g/mol. The highest BCUT2D eigenvalue weighted by Gasteiger charge is 2.24. The van der Waals surface area contributed by atoms with Gasteiger partial charge in [-0.15, -0.1) is 0 Å². The third-order valence-electron chi connectivity index (χ3n) is 5.91. The third kappa shape index (κ3) is 5.03. The molecular formula is C23H28FN7O2. The summed E-state index contributed by atoms with van der Waals surface area (Å²) < 4.78 is 24.9. The molecule has 3 aromatic rings. The van der Waals surface area contributed by atoms with Gasteiger partial charge in [0.05, 0.1) is 42.8 Å². The SMILES string of the molecule is CN1CCN(c2nccc(-c3[nH]c(CC4OCC(N)CO4)nc3-c3ccc(F)cc3)n2)CC1. The van der Waals surface area contributed by atoms with Crippen LogP contribution in [0.3, 0.4) is 0 Å². The number of nitrogens with two attached hydrogens (primary N) is 1. The molecule has 0 bridgehead atoms. The lowest BCUT2D eigenvalue weighted by molar-refractivity contribution is -0.184. The average molecular weight is 454 g/mol. The van der Waals surface area contributed by atoms with E-state index in [1.165, 1.54) is 12.1 Å². The van der Waals surface area contributed by atoms with Gasteiger partial charge < -0.3 is 30.0 Å². The van der Waals surface area contributed by atoms with Crippen LogP contribution < -0.4 is 10.6 Å². The van der Waals surface area contributed by atoms with Crippen molar-refractivity contribution in [3.63, 3.8) is 0 Å². The van der Waals surface area contributed by atoms with E-state index in [0.29, 0.717) is 37.1 Å². The average Bonchev–Trinajstić information content (AvgIpc) is 3.25. The lowest BCUT2D eigenvalue weighted by atomic mass is 10.1. The molecule has 0 atom stereocenters. The number of rotatable bonds is 5. The van der Waals surface area contributed by atoms with E-state index < -0.39 is 6.29 Å². The van der Waals surface area contributed by atoms with Gasteiger partial charge in [0.2, 0.25) is 5.95 Å². The number of hydrogen-bond acceptors (Lipinski definition) is 8. The molecule has 2 fully saturated rings. The molecule has 2 aliphatic rings. The van der Waals surface area contributed by atoms with Crippen molar-refractivity contribution in [2.24, 2.45) is 5.73 Å². The summed E-state index contributed by atoms with van der Waals surface area (Å²) in [7, 11) is 2.11. The number of anilines is 1. The van der Waals surface area contributed by atoms with Crippen molar-refractivity contribution in [1.82, 2.24) is 24.8 Å². The number of nitrogens with zero attached hydrogens (tertiary/aromatic N) is 5. The fraction of sp³-hybridized carbons (Fsp3) is 0.435. The van der Waals surface area contributed by atoms with Crippen LogP contribution in [0.15, 0.2) is 36.5 Å². The van der Waals surface area contributed by atoms with Gasteiger partial charge in [-0.25, -0.2) is 19.3 Å². The van der Waals surface area contributed by atoms with E-state index in [9.17, 15) is 4.39 Å². The lowest BCUT2D eigenvalue weighted by Gasteiger charge is -2.32. The number of aromatic amines is 1. The topological polar surface area (TPSA) is 105 Å². The Morgan fingerprint density at radius 2 is 1.79 bits per heavy atom. The molecule has 3 N–H and O–H groups in total. The summed E-state index contributed by atoms with van der Waals surface area (Å²) in [6, 6.07) is 8.03. The predicted octanol–water partition coefficient (Wildman–Crippen LogP) is 1.67. The fourth-order valence-corrected chi connectivity index (χ4v) is 4.00. The first-order valence-electron chi connectivity index (χ1n) is 11.2. The minimum atomic E-state index is -0.420. The molecule has 2 saturated heterocycles. The first-order valence-corrected chi connectivity index (χ1v) is 11.2. The number of aromatic nitrogens is 4. The Balaban J connectivity index is 1.47. The van der Waals surface area contributed by atoms with Gasteiger partial charge in [-0.2, -0.15) is 0 Å². The predicted molar refractivity (Wildman–Crippen MR) is 122 cm³/mol. The van der Waals surface area contributed by atoms with Gasteiger partial charge in [-0.05, 0) is 37.4 Å². The van der Waals surface area contributed by atoms with E-state index >= 15 is 0 Å². The quantitative estimate of drug-likeness (QED) is 0.601. The van der Waals surface area contributed by atoms with E-state index in [-0.39, 0.29) is 11.9 Å². The zero-order valence-corrected chi connectivity index (χ0v) is 18.6. The molecule has 174 valence electrons. The zero-order chi connectivity index (χ0) is 22.8. The number of likely N-dealkylation sites (N-methyl/N-ethyl adjacent to an activating group) is 1. The summed E-state index contributed by atoms with van der Waals surface area (Å²) in [5.74, 6) is 1.09. The molecule has 0 amide bonds. The van der Waals surface area contributed by atoms with Crippen molar-refractivity contribution in [1.29, 1.82) is 0 Å². The van der Waals surface area contributed by atoms with Crippen LogP contribution in [-0.2, 0) is 15.9 Å². The van der Waals surface area contributed by atoms with Gasteiger partial charge in [0.15, 0.2) is 6.29 Å². The maximum Gasteiger partial charge on any atom is 0.225 e. The number of imidazole rings is 1. The highest BCUT2D eigenvalue weighted by molar-refractivity contribution is 5.77. The van der Waals surface area contributed by atoms with Crippen molar-refractivity contribution in [3.8, 4) is 22.6 Å². The van der Waals surface area contributed by atoms with Crippen molar-refractivity contribution in [2.45, 2.75) is 18.8 Å². The fourth-order valence-electron chi connectivity index (χ4n) is 4.00. The normalized spacial score (nSPS) is 22.0. The summed E-state index contributed by atoms with van der Waals surface area (Å²) >= 11 is 0. The Hall–Kier alpha value is -2.92. The van der Waals surface area contributed by atoms with Gasteiger partial charge in [0, 0.05) is 37.9 Å². The minimum absolute atomic E-state index is 0.114. The van der Waals surface area contributed by atoms with Crippen LogP contribution >= 0.6 is 0 Å². The Bertz CT molecular complexity index is 1070. The Morgan fingerprint density at radius 1 is 1.06 bits per heavy atom. The molecule has 0 radical (unpaired) electrons. The lowest BCUT2D eigenvalue weighted by Crippen LogP contribution is -2.45. The van der Waals surface area contributed by atoms with Crippen LogP contribution in [-0.4, -0.2) is 83.6 Å². The number of piperazine rings is 1. The van der Waals surface area contributed by atoms with E-state index in [2.05, 4.69) is 26.8 Å². The summed E-state index contributed by atoms with van der Waals surface area (Å²) in [4.78, 5) is 22.0. The smallest absolute Gasteiger partial charge is 0.225 e.